The first-order valence-corrected chi connectivity index (χ1v) is 20.2. The molecule has 0 radical (unpaired) electrons. The van der Waals surface area contributed by atoms with Gasteiger partial charge in [-0.15, -0.1) is 0 Å². The van der Waals surface area contributed by atoms with E-state index in [4.69, 9.17) is 19.3 Å². The molecule has 59 heavy (non-hydrogen) atoms. The second-order valence-corrected chi connectivity index (χ2v) is 16.7. The largest absolute Gasteiger partial charge is 0.492 e. The number of nitrogens with zero attached hydrogens (tertiary/aromatic N) is 4. The lowest BCUT2D eigenvalue weighted by Crippen LogP contribution is -2.32. The van der Waals surface area contributed by atoms with E-state index < -0.39 is 16.8 Å². The summed E-state index contributed by atoms with van der Waals surface area (Å²) < 4.78 is 16.2. The Bertz CT molecular complexity index is 2320. The van der Waals surface area contributed by atoms with Crippen LogP contribution in [0.4, 0.5) is 0 Å². The van der Waals surface area contributed by atoms with Crippen molar-refractivity contribution < 1.29 is 28.9 Å². The fourth-order valence-electron chi connectivity index (χ4n) is 6.60. The predicted octanol–water partition coefficient (Wildman–Crippen LogP) is 9.88. The molecule has 12 nitrogen and oxygen atoms in total. The van der Waals surface area contributed by atoms with E-state index in [1.807, 2.05) is 97.6 Å². The van der Waals surface area contributed by atoms with Crippen LogP contribution in [-0.4, -0.2) is 67.3 Å². The summed E-state index contributed by atoms with van der Waals surface area (Å²) in [6, 6.07) is 23.2. The fourth-order valence-corrected chi connectivity index (χ4v) is 6.60. The summed E-state index contributed by atoms with van der Waals surface area (Å²) in [6.45, 7) is 7.24. The van der Waals surface area contributed by atoms with Gasteiger partial charge in [0.2, 0.25) is 0 Å². The number of rotatable bonds is 14. The molecule has 4 heterocycles. The van der Waals surface area contributed by atoms with Crippen LogP contribution in [0.2, 0.25) is 0 Å². The summed E-state index contributed by atoms with van der Waals surface area (Å²) in [7, 11) is 1.39. The third-order valence-electron chi connectivity index (χ3n) is 11.2. The van der Waals surface area contributed by atoms with E-state index in [9.17, 15) is 9.59 Å². The highest BCUT2D eigenvalue weighted by atomic mass is 16.5. The van der Waals surface area contributed by atoms with Gasteiger partial charge in [0.1, 0.15) is 36.4 Å². The van der Waals surface area contributed by atoms with Crippen LogP contribution < -0.4 is 9.47 Å². The number of carboxylic acid groups (broad SMARTS) is 1. The van der Waals surface area contributed by atoms with Crippen LogP contribution in [0.25, 0.3) is 45.3 Å². The maximum Gasteiger partial charge on any atom is 0.314 e. The molecule has 0 spiro atoms. The number of nitrogens with one attached hydrogen (secondary N) is 2. The van der Waals surface area contributed by atoms with Gasteiger partial charge in [-0.25, -0.2) is 9.97 Å². The molecule has 0 unspecified atom stereocenters. The predicted molar refractivity (Wildman–Crippen MR) is 226 cm³/mol. The summed E-state index contributed by atoms with van der Waals surface area (Å²) in [4.78, 5) is 48.0. The third-order valence-corrected chi connectivity index (χ3v) is 11.2. The van der Waals surface area contributed by atoms with E-state index in [2.05, 4.69) is 29.9 Å². The van der Waals surface area contributed by atoms with E-state index in [0.29, 0.717) is 23.3 Å². The molecule has 12 heteroatoms. The number of aliphatic carboxylic acids is 1. The molecule has 2 aromatic carbocycles. The number of pyridine rings is 2. The molecule has 0 aliphatic heterocycles. The molecule has 306 valence electrons. The van der Waals surface area contributed by atoms with Gasteiger partial charge in [-0.1, -0.05) is 12.8 Å². The maximum absolute atomic E-state index is 11.8. The van der Waals surface area contributed by atoms with Crippen LogP contribution >= 0.6 is 0 Å². The van der Waals surface area contributed by atoms with E-state index >= 15 is 0 Å². The molecule has 2 aliphatic carbocycles. The minimum Gasteiger partial charge on any atom is -0.492 e. The van der Waals surface area contributed by atoms with Gasteiger partial charge >= 0.3 is 11.9 Å². The second kappa shape index (κ2) is 17.7. The van der Waals surface area contributed by atoms with Crippen molar-refractivity contribution in [2.45, 2.75) is 78.1 Å². The van der Waals surface area contributed by atoms with Crippen molar-refractivity contribution in [3.8, 4) is 56.8 Å². The summed E-state index contributed by atoms with van der Waals surface area (Å²) in [6.07, 6.45) is 15.2. The molecular formula is C47H52N6O6. The zero-order valence-corrected chi connectivity index (χ0v) is 34.3. The lowest BCUT2D eigenvalue weighted by Gasteiger charge is -2.23. The Labute approximate surface area is 344 Å². The number of esters is 1. The molecule has 2 aliphatic rings. The normalized spacial score (nSPS) is 14.3. The van der Waals surface area contributed by atoms with Crippen molar-refractivity contribution >= 4 is 11.9 Å². The van der Waals surface area contributed by atoms with Gasteiger partial charge < -0.3 is 29.3 Å². The highest BCUT2D eigenvalue weighted by Gasteiger charge is 2.30. The zero-order chi connectivity index (χ0) is 41.6. The topological polar surface area (TPSA) is 165 Å². The summed E-state index contributed by atoms with van der Waals surface area (Å²) in [5.41, 5.74) is 6.47. The third kappa shape index (κ3) is 9.88. The van der Waals surface area contributed by atoms with Crippen LogP contribution in [0.15, 0.2) is 97.6 Å². The first-order chi connectivity index (χ1) is 28.4. The maximum atomic E-state index is 11.8. The Morgan fingerprint density at radius 2 is 1.00 bits per heavy atom. The van der Waals surface area contributed by atoms with Gasteiger partial charge in [-0.05, 0) is 126 Å². The number of aromatic nitrogens is 6. The van der Waals surface area contributed by atoms with E-state index in [1.165, 1.54) is 57.0 Å². The molecule has 2 saturated carbocycles. The van der Waals surface area contributed by atoms with Crippen LogP contribution in [0.3, 0.4) is 0 Å². The molecular weight excluding hydrogens is 745 g/mol. The Hall–Kier alpha value is -6.30. The highest BCUT2D eigenvalue weighted by molar-refractivity contribution is 5.76. The Morgan fingerprint density at radius 3 is 1.34 bits per heavy atom. The quantitative estimate of drug-likeness (QED) is 0.0904. The lowest BCUT2D eigenvalue weighted by molar-refractivity contribution is -0.152. The van der Waals surface area contributed by atoms with E-state index in [-0.39, 0.29) is 19.2 Å². The summed E-state index contributed by atoms with van der Waals surface area (Å²) in [5, 5.41) is 9.17. The minimum absolute atomic E-state index is 0.112. The number of hydrogen-bond donors (Lipinski definition) is 3. The number of carbonyl (C=O) groups is 2. The number of H-pyrrole nitrogens is 2. The minimum atomic E-state index is -0.930. The van der Waals surface area contributed by atoms with Crippen molar-refractivity contribution in [3.63, 3.8) is 0 Å². The van der Waals surface area contributed by atoms with Gasteiger partial charge in [-0.2, -0.15) is 0 Å². The van der Waals surface area contributed by atoms with Crippen LogP contribution in [0.5, 0.6) is 11.5 Å². The monoisotopic (exact) mass is 796 g/mol. The second-order valence-electron chi connectivity index (χ2n) is 16.7. The summed E-state index contributed by atoms with van der Waals surface area (Å²) in [5.74, 6) is 3.16. The number of aromatic amines is 2. The zero-order valence-electron chi connectivity index (χ0n) is 34.3. The number of ether oxygens (including phenoxy) is 3. The van der Waals surface area contributed by atoms with Crippen LogP contribution in [-0.2, 0) is 14.3 Å². The smallest absolute Gasteiger partial charge is 0.314 e. The SMILES string of the molecule is CC(C)(COc1ccc(-c2ccc(-c3ncc(C4CCC4)[nH]3)cn2)cc1)C(=O)O.COC(=O)C(C)(C)COc1ccc(-c2ccc(-c3ncc(C4CCC4)[nH]3)cn2)cc1. The molecule has 8 rings (SSSR count). The van der Waals surface area contributed by atoms with Crippen molar-refractivity contribution in [1.82, 2.24) is 29.9 Å². The van der Waals surface area contributed by atoms with Gasteiger partial charge in [0, 0.05) is 70.3 Å². The molecule has 0 atom stereocenters. The Kier molecular flexibility index (Phi) is 12.2. The molecule has 4 aromatic heterocycles. The van der Waals surface area contributed by atoms with Gasteiger partial charge in [-0.3, -0.25) is 19.6 Å². The number of carbonyl (C=O) groups excluding carboxylic acids is 1. The van der Waals surface area contributed by atoms with Crippen molar-refractivity contribution in [1.29, 1.82) is 0 Å². The van der Waals surface area contributed by atoms with Gasteiger partial charge in [0.05, 0.1) is 29.3 Å². The lowest BCUT2D eigenvalue weighted by atomic mass is 9.83. The van der Waals surface area contributed by atoms with Crippen molar-refractivity contribution in [2.24, 2.45) is 10.8 Å². The average Bonchev–Trinajstić information content (AvgIpc) is 3.89. The van der Waals surface area contributed by atoms with E-state index in [1.54, 1.807) is 27.7 Å². The summed E-state index contributed by atoms with van der Waals surface area (Å²) >= 11 is 0. The first-order valence-electron chi connectivity index (χ1n) is 20.2. The Balaban J connectivity index is 0.000000179. The standard InChI is InChI=1S/C24H27N3O3.C23H25N3O3/c1-24(2,23(28)29-3)15-30-19-10-7-17(8-11-19)20-12-9-18(13-25-20)22-26-14-21(27-22)16-5-4-6-16;1-23(2,22(27)28)14-29-18-9-6-16(7-10-18)19-11-8-17(12-24-19)21-25-13-20(26-21)15-4-3-5-15/h7-14,16H,4-6,15H2,1-3H3,(H,26,27);6-13,15H,3-5,14H2,1-2H3,(H,25,26)(H,27,28). The highest BCUT2D eigenvalue weighted by Crippen LogP contribution is 2.37. The van der Waals surface area contributed by atoms with Crippen molar-refractivity contribution in [2.75, 3.05) is 20.3 Å². The number of carboxylic acids is 1. The molecule has 0 saturated heterocycles. The number of hydrogen-bond acceptors (Lipinski definition) is 9. The molecule has 6 aromatic rings. The van der Waals surface area contributed by atoms with E-state index in [0.717, 1.165) is 45.3 Å². The Morgan fingerprint density at radius 1 is 0.593 bits per heavy atom. The van der Waals surface area contributed by atoms with Crippen molar-refractivity contribution in [3.05, 3.63) is 109 Å². The molecule has 3 N–H and O–H groups in total. The fraction of sp³-hybridized carbons (Fsp3) is 0.362. The average molecular weight is 797 g/mol. The van der Waals surface area contributed by atoms with Crippen LogP contribution in [0.1, 0.15) is 89.4 Å². The van der Waals surface area contributed by atoms with Crippen LogP contribution in [0, 0.1) is 10.8 Å². The molecule has 0 bridgehead atoms. The molecule has 2 fully saturated rings. The molecule has 0 amide bonds. The number of benzene rings is 2. The number of imidazole rings is 2. The van der Waals surface area contributed by atoms with Gasteiger partial charge in [0.25, 0.3) is 0 Å². The first kappa shape index (κ1) is 40.9. The van der Waals surface area contributed by atoms with Gasteiger partial charge in [0.15, 0.2) is 0 Å². The number of methoxy groups -OCH3 is 1.